The Labute approximate surface area is 91.5 Å². The molecule has 1 unspecified atom stereocenters. The molecule has 0 saturated heterocycles. The molecular weight excluding hydrogens is 212 g/mol. The summed E-state index contributed by atoms with van der Waals surface area (Å²) in [7, 11) is 0. The topological polar surface area (TPSA) is 131 Å². The quantitative estimate of drug-likeness (QED) is 0.552. The van der Waals surface area contributed by atoms with Gasteiger partial charge in [0.1, 0.15) is 17.4 Å². The molecule has 7 nitrogen and oxygen atoms in total. The molecule has 1 rings (SSSR count). The van der Waals surface area contributed by atoms with Gasteiger partial charge in [0, 0.05) is 0 Å². The molecule has 0 aliphatic heterocycles. The molecule has 16 heavy (non-hydrogen) atoms. The van der Waals surface area contributed by atoms with Crippen LogP contribution in [0, 0.1) is 0 Å². The van der Waals surface area contributed by atoms with Crippen molar-refractivity contribution in [3.8, 4) is 0 Å². The van der Waals surface area contributed by atoms with Crippen molar-refractivity contribution in [1.82, 2.24) is 4.98 Å². The number of carbonyl (C=O) groups excluding carboxylic acids is 1. The first-order chi connectivity index (χ1) is 7.41. The largest absolute Gasteiger partial charge is 0.478 e. The van der Waals surface area contributed by atoms with Crippen LogP contribution in [0.2, 0.25) is 0 Å². The van der Waals surface area contributed by atoms with Crippen LogP contribution in [0.5, 0.6) is 0 Å². The molecule has 0 aliphatic rings. The van der Waals surface area contributed by atoms with E-state index in [1.807, 2.05) is 0 Å². The second kappa shape index (κ2) is 4.47. The molecule has 0 aromatic carbocycles. The number of primary amides is 1. The third-order valence-corrected chi connectivity index (χ3v) is 1.92. The highest BCUT2D eigenvalue weighted by Crippen LogP contribution is 2.16. The van der Waals surface area contributed by atoms with Gasteiger partial charge in [-0.25, -0.2) is 9.78 Å². The van der Waals surface area contributed by atoms with Crippen molar-refractivity contribution >= 4 is 23.4 Å². The fraction of sp³-hybridized carbons (Fsp3) is 0.222. The maximum absolute atomic E-state index is 10.9. The lowest BCUT2D eigenvalue weighted by Crippen LogP contribution is -2.33. The highest BCUT2D eigenvalue weighted by Gasteiger charge is 2.16. The smallest absolute Gasteiger partial charge is 0.339 e. The predicted molar refractivity (Wildman–Crippen MR) is 57.9 cm³/mol. The minimum absolute atomic E-state index is 0.0630. The summed E-state index contributed by atoms with van der Waals surface area (Å²) in [6.45, 7) is 1.51. The fourth-order valence-corrected chi connectivity index (χ4v) is 1.04. The van der Waals surface area contributed by atoms with Crippen LogP contribution in [0.15, 0.2) is 12.3 Å². The molecule has 1 aromatic rings. The average Bonchev–Trinajstić information content (AvgIpc) is 2.20. The Kier molecular flexibility index (Phi) is 3.29. The summed E-state index contributed by atoms with van der Waals surface area (Å²) in [6.07, 6.45) is 1.29. The van der Waals surface area contributed by atoms with Crippen molar-refractivity contribution in [2.24, 2.45) is 5.73 Å². The minimum atomic E-state index is -1.18. The van der Waals surface area contributed by atoms with Crippen LogP contribution in [0.1, 0.15) is 17.3 Å². The van der Waals surface area contributed by atoms with E-state index in [4.69, 9.17) is 16.6 Å². The molecule has 6 N–H and O–H groups in total. The zero-order valence-corrected chi connectivity index (χ0v) is 8.60. The standard InChI is InChI=1S/C9H12N4O3/c1-4(7(11)14)13-8-6(9(15)16)2-5(10)3-12-8/h2-4H,10H2,1H3,(H2,11,14)(H,12,13)(H,15,16). The number of aromatic carboxylic acids is 1. The molecule has 86 valence electrons. The zero-order chi connectivity index (χ0) is 12.3. The second-order valence-electron chi connectivity index (χ2n) is 3.24. The summed E-state index contributed by atoms with van der Waals surface area (Å²) in [5.41, 5.74) is 10.6. The first-order valence-corrected chi connectivity index (χ1v) is 4.46. The van der Waals surface area contributed by atoms with Gasteiger partial charge in [0.2, 0.25) is 5.91 Å². The van der Waals surface area contributed by atoms with E-state index in [1.54, 1.807) is 0 Å². The van der Waals surface area contributed by atoms with Gasteiger partial charge in [-0.05, 0) is 13.0 Å². The Balaban J connectivity index is 3.04. The summed E-state index contributed by atoms with van der Waals surface area (Å²) in [5, 5.41) is 11.5. The van der Waals surface area contributed by atoms with Crippen molar-refractivity contribution in [2.45, 2.75) is 13.0 Å². The summed E-state index contributed by atoms with van der Waals surface area (Å²) in [6, 6.07) is 0.542. The molecule has 0 aliphatic carbocycles. The van der Waals surface area contributed by atoms with Gasteiger partial charge in [0.25, 0.3) is 0 Å². The van der Waals surface area contributed by atoms with E-state index < -0.39 is 17.9 Å². The van der Waals surface area contributed by atoms with Gasteiger partial charge in [0.05, 0.1) is 11.9 Å². The number of nitrogen functional groups attached to an aromatic ring is 1. The number of rotatable bonds is 4. The number of carboxylic acids is 1. The zero-order valence-electron chi connectivity index (χ0n) is 8.60. The lowest BCUT2D eigenvalue weighted by Gasteiger charge is -2.12. The Morgan fingerprint density at radius 3 is 2.69 bits per heavy atom. The van der Waals surface area contributed by atoms with E-state index in [9.17, 15) is 9.59 Å². The molecule has 1 heterocycles. The summed E-state index contributed by atoms with van der Waals surface area (Å²) in [4.78, 5) is 25.5. The van der Waals surface area contributed by atoms with Crippen LogP contribution in [0.4, 0.5) is 11.5 Å². The number of hydrogen-bond acceptors (Lipinski definition) is 5. The number of nitrogens with two attached hydrogens (primary N) is 2. The van der Waals surface area contributed by atoms with Crippen LogP contribution in [0.3, 0.4) is 0 Å². The van der Waals surface area contributed by atoms with Crippen LogP contribution in [0.25, 0.3) is 0 Å². The average molecular weight is 224 g/mol. The maximum Gasteiger partial charge on any atom is 0.339 e. The number of pyridine rings is 1. The summed E-state index contributed by atoms with van der Waals surface area (Å²) >= 11 is 0. The lowest BCUT2D eigenvalue weighted by atomic mass is 10.2. The van der Waals surface area contributed by atoms with Crippen LogP contribution in [-0.4, -0.2) is 28.0 Å². The SMILES string of the molecule is CC(Nc1ncc(N)cc1C(=O)O)C(N)=O. The monoisotopic (exact) mass is 224 g/mol. The van der Waals surface area contributed by atoms with Gasteiger partial charge < -0.3 is 21.9 Å². The van der Waals surface area contributed by atoms with E-state index in [2.05, 4.69) is 10.3 Å². The molecule has 7 heteroatoms. The van der Waals surface area contributed by atoms with Crippen molar-refractivity contribution < 1.29 is 14.7 Å². The molecule has 1 aromatic heterocycles. The minimum Gasteiger partial charge on any atom is -0.478 e. The van der Waals surface area contributed by atoms with E-state index in [1.165, 1.54) is 19.2 Å². The van der Waals surface area contributed by atoms with Gasteiger partial charge in [-0.15, -0.1) is 0 Å². The number of carboxylic acid groups (broad SMARTS) is 1. The first-order valence-electron chi connectivity index (χ1n) is 4.46. The van der Waals surface area contributed by atoms with Crippen molar-refractivity contribution in [1.29, 1.82) is 0 Å². The molecule has 0 fully saturated rings. The van der Waals surface area contributed by atoms with Crippen LogP contribution < -0.4 is 16.8 Å². The number of nitrogens with zero attached hydrogens (tertiary/aromatic N) is 1. The van der Waals surface area contributed by atoms with Crippen molar-refractivity contribution in [3.05, 3.63) is 17.8 Å². The van der Waals surface area contributed by atoms with E-state index in [-0.39, 0.29) is 17.1 Å². The number of amides is 1. The lowest BCUT2D eigenvalue weighted by molar-refractivity contribution is -0.118. The van der Waals surface area contributed by atoms with Gasteiger partial charge in [-0.3, -0.25) is 4.79 Å². The molecule has 0 radical (unpaired) electrons. The molecule has 0 saturated carbocycles. The van der Waals surface area contributed by atoms with E-state index in [0.717, 1.165) is 0 Å². The molecule has 0 spiro atoms. The highest BCUT2D eigenvalue weighted by molar-refractivity contribution is 5.95. The number of anilines is 2. The Hall–Kier alpha value is -2.31. The van der Waals surface area contributed by atoms with Crippen LogP contribution in [-0.2, 0) is 4.79 Å². The molecule has 0 bridgehead atoms. The van der Waals surface area contributed by atoms with Crippen LogP contribution >= 0.6 is 0 Å². The summed E-state index contributed by atoms with van der Waals surface area (Å²) in [5.74, 6) is -1.72. The molecule has 1 amide bonds. The maximum atomic E-state index is 10.9. The third-order valence-electron chi connectivity index (χ3n) is 1.92. The highest BCUT2D eigenvalue weighted by atomic mass is 16.4. The number of carbonyl (C=O) groups is 2. The second-order valence-corrected chi connectivity index (χ2v) is 3.24. The predicted octanol–water partition coefficient (Wildman–Crippen LogP) is -0.352. The normalized spacial score (nSPS) is 11.8. The molecule has 1 atom stereocenters. The molecular formula is C9H12N4O3. The number of hydrogen-bond donors (Lipinski definition) is 4. The van der Waals surface area contributed by atoms with E-state index >= 15 is 0 Å². The van der Waals surface area contributed by atoms with Crippen molar-refractivity contribution in [3.63, 3.8) is 0 Å². The van der Waals surface area contributed by atoms with Gasteiger partial charge >= 0.3 is 5.97 Å². The fourth-order valence-electron chi connectivity index (χ4n) is 1.04. The van der Waals surface area contributed by atoms with Gasteiger partial charge in [-0.1, -0.05) is 0 Å². The number of nitrogens with one attached hydrogen (secondary N) is 1. The Morgan fingerprint density at radius 1 is 1.56 bits per heavy atom. The Morgan fingerprint density at radius 2 is 2.19 bits per heavy atom. The Bertz CT molecular complexity index is 433. The summed E-state index contributed by atoms with van der Waals surface area (Å²) < 4.78 is 0. The number of aromatic nitrogens is 1. The first kappa shape index (κ1) is 11.8. The van der Waals surface area contributed by atoms with Gasteiger partial charge in [0.15, 0.2) is 0 Å². The third kappa shape index (κ3) is 2.59. The van der Waals surface area contributed by atoms with E-state index in [0.29, 0.717) is 0 Å². The van der Waals surface area contributed by atoms with Gasteiger partial charge in [-0.2, -0.15) is 0 Å². The van der Waals surface area contributed by atoms with Crippen molar-refractivity contribution in [2.75, 3.05) is 11.1 Å².